The lowest BCUT2D eigenvalue weighted by molar-refractivity contribution is -0.155. The van der Waals surface area contributed by atoms with Crippen LogP contribution in [-0.4, -0.2) is 33.9 Å². The van der Waals surface area contributed by atoms with E-state index in [1.807, 2.05) is 13.8 Å². The van der Waals surface area contributed by atoms with Crippen LogP contribution in [0.4, 0.5) is 0 Å². The Bertz CT molecular complexity index is 468. The van der Waals surface area contributed by atoms with Crippen molar-refractivity contribution in [2.24, 2.45) is 23.5 Å². The van der Waals surface area contributed by atoms with Gasteiger partial charge >= 0.3 is 5.97 Å². The van der Waals surface area contributed by atoms with Crippen LogP contribution in [0.2, 0.25) is 0 Å². The molecule has 1 unspecified atom stereocenters. The number of Topliss-reactive ketones (excluding diaryl/α,β-unsaturated/α-hetero) is 1. The minimum atomic E-state index is -2.01. The Hall–Kier alpha value is -1.47. The third kappa shape index (κ3) is 6.57. The van der Waals surface area contributed by atoms with Crippen molar-refractivity contribution >= 4 is 17.7 Å². The lowest BCUT2D eigenvalue weighted by atomic mass is 9.75. The maximum Gasteiger partial charge on any atom is 0.331 e. The number of hydrogen-bond donors (Lipinski definition) is 3. The molecular formula is C17H32N2O5. The van der Waals surface area contributed by atoms with Gasteiger partial charge in [-0.15, -0.1) is 0 Å². The zero-order chi connectivity index (χ0) is 19.3. The normalized spacial score (nSPS) is 15.9. The first kappa shape index (κ1) is 22.5. The maximum atomic E-state index is 12.8. The Kier molecular flexibility index (Phi) is 8.05. The highest BCUT2D eigenvalue weighted by Gasteiger charge is 2.48. The summed E-state index contributed by atoms with van der Waals surface area (Å²) in [5.74, 6) is -3.73. The lowest BCUT2D eigenvalue weighted by Gasteiger charge is -2.31. The Morgan fingerprint density at radius 1 is 1.12 bits per heavy atom. The fraction of sp³-hybridized carbons (Fsp3) is 0.824. The number of amides is 1. The van der Waals surface area contributed by atoms with E-state index in [0.717, 1.165) is 0 Å². The third-order valence-electron chi connectivity index (χ3n) is 3.70. The molecule has 0 aliphatic heterocycles. The second kappa shape index (κ2) is 8.58. The van der Waals surface area contributed by atoms with Gasteiger partial charge in [-0.05, 0) is 39.0 Å². The number of nitrogens with one attached hydrogen (secondary N) is 1. The van der Waals surface area contributed by atoms with Crippen LogP contribution in [0.25, 0.3) is 0 Å². The summed E-state index contributed by atoms with van der Waals surface area (Å²) in [5, 5.41) is 9.43. The maximum absolute atomic E-state index is 12.8. The predicted molar refractivity (Wildman–Crippen MR) is 90.9 cm³/mol. The van der Waals surface area contributed by atoms with E-state index in [1.54, 1.807) is 34.6 Å². The molecule has 7 heteroatoms. The van der Waals surface area contributed by atoms with E-state index >= 15 is 0 Å². The van der Waals surface area contributed by atoms with Gasteiger partial charge in [0.05, 0.1) is 5.60 Å². The third-order valence-corrected chi connectivity index (χ3v) is 3.70. The predicted octanol–water partition coefficient (Wildman–Crippen LogP) is 1.89. The first-order valence-corrected chi connectivity index (χ1v) is 8.25. The van der Waals surface area contributed by atoms with Crippen LogP contribution in [0, 0.1) is 17.8 Å². The smallest absolute Gasteiger partial charge is 0.331 e. The number of carbonyl (C=O) groups excluding carboxylic acids is 2. The van der Waals surface area contributed by atoms with E-state index in [-0.39, 0.29) is 12.3 Å². The molecule has 0 spiro atoms. The second-order valence-corrected chi connectivity index (χ2v) is 7.96. The van der Waals surface area contributed by atoms with Gasteiger partial charge in [-0.1, -0.05) is 27.7 Å². The highest BCUT2D eigenvalue weighted by molar-refractivity contribution is 6.09. The summed E-state index contributed by atoms with van der Waals surface area (Å²) >= 11 is 0. The van der Waals surface area contributed by atoms with E-state index in [0.29, 0.717) is 6.42 Å². The molecule has 1 amide bonds. The number of hydroxylamine groups is 1. The fourth-order valence-corrected chi connectivity index (χ4v) is 2.30. The highest BCUT2D eigenvalue weighted by atomic mass is 16.7. The highest BCUT2D eigenvalue weighted by Crippen LogP contribution is 2.26. The minimum absolute atomic E-state index is 0.112. The molecule has 140 valence electrons. The van der Waals surface area contributed by atoms with Gasteiger partial charge in [0.2, 0.25) is 5.91 Å². The van der Waals surface area contributed by atoms with Gasteiger partial charge in [0.25, 0.3) is 0 Å². The van der Waals surface area contributed by atoms with Crippen LogP contribution in [-0.2, 0) is 19.2 Å². The Morgan fingerprint density at radius 2 is 1.62 bits per heavy atom. The quantitative estimate of drug-likeness (QED) is 0.434. The summed E-state index contributed by atoms with van der Waals surface area (Å²) < 4.78 is 0. The van der Waals surface area contributed by atoms with Crippen LogP contribution in [0.1, 0.15) is 61.3 Å². The molecular weight excluding hydrogens is 312 g/mol. The molecule has 0 fully saturated rings. The Balaban J connectivity index is 5.29. The summed E-state index contributed by atoms with van der Waals surface area (Å²) in [5.41, 5.74) is 5.65. The summed E-state index contributed by atoms with van der Waals surface area (Å²) in [7, 11) is 0. The van der Waals surface area contributed by atoms with Crippen LogP contribution in [0.3, 0.4) is 0 Å². The monoisotopic (exact) mass is 344 g/mol. The Labute approximate surface area is 144 Å². The number of nitrogens with two attached hydrogens (primary N) is 1. The molecule has 2 atom stereocenters. The van der Waals surface area contributed by atoms with Gasteiger partial charge < -0.3 is 10.8 Å². The van der Waals surface area contributed by atoms with Crippen LogP contribution < -0.4 is 11.2 Å². The lowest BCUT2D eigenvalue weighted by Crippen LogP contribution is -2.61. The van der Waals surface area contributed by atoms with E-state index in [4.69, 9.17) is 10.6 Å². The van der Waals surface area contributed by atoms with E-state index in [2.05, 4.69) is 5.48 Å². The molecule has 0 saturated heterocycles. The van der Waals surface area contributed by atoms with Crippen LogP contribution >= 0.6 is 0 Å². The molecule has 0 aromatic heterocycles. The van der Waals surface area contributed by atoms with E-state index in [9.17, 15) is 19.5 Å². The average Bonchev–Trinajstić information content (AvgIpc) is 2.40. The van der Waals surface area contributed by atoms with Gasteiger partial charge in [0, 0.05) is 12.3 Å². The molecule has 0 bridgehead atoms. The summed E-state index contributed by atoms with van der Waals surface area (Å²) in [6.45, 7) is 12.3. The van der Waals surface area contributed by atoms with Gasteiger partial charge in [-0.25, -0.2) is 10.3 Å². The van der Waals surface area contributed by atoms with Crippen molar-refractivity contribution in [3.63, 3.8) is 0 Å². The van der Waals surface area contributed by atoms with E-state index < -0.39 is 40.6 Å². The van der Waals surface area contributed by atoms with Gasteiger partial charge in [-0.3, -0.25) is 14.4 Å². The number of rotatable bonds is 9. The van der Waals surface area contributed by atoms with Crippen LogP contribution in [0.15, 0.2) is 0 Å². The number of carboxylic acid groups (broad SMARTS) is 1. The van der Waals surface area contributed by atoms with E-state index in [1.165, 1.54) is 0 Å². The molecule has 0 aliphatic rings. The second-order valence-electron chi connectivity index (χ2n) is 7.96. The van der Waals surface area contributed by atoms with Crippen molar-refractivity contribution in [1.82, 2.24) is 5.48 Å². The standard InChI is InChI=1S/C17H32N2O5/c1-10(2)8-12(9-13(20)19-24-16(5,6)7)14(21)17(18,11(3)4)15(22)23/h10-12H,8-9,18H2,1-7H3,(H,19,20)(H,22,23)/t12?,17-/m1/s1. The topological polar surface area (TPSA) is 119 Å². The van der Waals surface area contributed by atoms with Gasteiger partial charge in [-0.2, -0.15) is 0 Å². The van der Waals surface area contributed by atoms with Crippen molar-refractivity contribution in [2.75, 3.05) is 0 Å². The molecule has 0 aromatic carbocycles. The molecule has 0 aliphatic carbocycles. The molecule has 0 rings (SSSR count). The van der Waals surface area contributed by atoms with Crippen LogP contribution in [0.5, 0.6) is 0 Å². The number of carbonyl (C=O) groups is 3. The SMILES string of the molecule is CC(C)CC(CC(=O)NOC(C)(C)C)C(=O)[C@@](N)(C(=O)O)C(C)C. The first-order valence-electron chi connectivity index (χ1n) is 8.25. The van der Waals surface area contributed by atoms with Crippen molar-refractivity contribution in [2.45, 2.75) is 72.4 Å². The summed E-state index contributed by atoms with van der Waals surface area (Å²) in [6.07, 6.45) is 0.215. The number of aliphatic carboxylic acids is 1. The molecule has 7 nitrogen and oxygen atoms in total. The molecule has 24 heavy (non-hydrogen) atoms. The molecule has 0 saturated carbocycles. The fourth-order valence-electron chi connectivity index (χ4n) is 2.30. The molecule has 4 N–H and O–H groups in total. The van der Waals surface area contributed by atoms with Crippen molar-refractivity contribution in [3.05, 3.63) is 0 Å². The zero-order valence-corrected chi connectivity index (χ0v) is 15.8. The van der Waals surface area contributed by atoms with Crippen molar-refractivity contribution in [3.8, 4) is 0 Å². The first-order chi connectivity index (χ1) is 10.7. The Morgan fingerprint density at radius 3 is 1.96 bits per heavy atom. The largest absolute Gasteiger partial charge is 0.480 e. The van der Waals surface area contributed by atoms with Crippen molar-refractivity contribution in [1.29, 1.82) is 0 Å². The minimum Gasteiger partial charge on any atom is -0.480 e. The number of hydrogen-bond acceptors (Lipinski definition) is 5. The summed E-state index contributed by atoms with van der Waals surface area (Å²) in [4.78, 5) is 41.6. The molecule has 0 aromatic rings. The zero-order valence-electron chi connectivity index (χ0n) is 15.8. The number of ketones is 1. The summed E-state index contributed by atoms with van der Waals surface area (Å²) in [6, 6.07) is 0. The average molecular weight is 344 g/mol. The van der Waals surface area contributed by atoms with Gasteiger partial charge in [0.1, 0.15) is 0 Å². The van der Waals surface area contributed by atoms with Gasteiger partial charge in [0.15, 0.2) is 11.3 Å². The van der Waals surface area contributed by atoms with Crippen molar-refractivity contribution < 1.29 is 24.3 Å². The molecule has 0 heterocycles. The number of carboxylic acids is 1. The molecule has 0 radical (unpaired) electrons.